The third kappa shape index (κ3) is 6.60. The number of rotatable bonds is 7. The van der Waals surface area contributed by atoms with Crippen molar-refractivity contribution in [2.45, 2.75) is 19.3 Å². The molecule has 0 bridgehead atoms. The Hall–Kier alpha value is -9.12. The Bertz CT molecular complexity index is 4180. The minimum absolute atomic E-state index is 0.135. The molecule has 0 saturated carbocycles. The number of benzene rings is 10. The molecule has 0 atom stereocenters. The molecule has 0 radical (unpaired) electrons. The van der Waals surface area contributed by atoms with Crippen molar-refractivity contribution in [3.63, 3.8) is 0 Å². The van der Waals surface area contributed by atoms with Gasteiger partial charge in [0.15, 0.2) is 5.82 Å². The highest BCUT2D eigenvalue weighted by Crippen LogP contribution is 2.50. The molecule has 3 aromatic heterocycles. The lowest BCUT2D eigenvalue weighted by Gasteiger charge is -2.22. The molecule has 0 aliphatic heterocycles. The zero-order valence-corrected chi connectivity index (χ0v) is 39.4. The number of para-hydroxylation sites is 4. The largest absolute Gasteiger partial charge is 0.309 e. The van der Waals surface area contributed by atoms with Crippen molar-refractivity contribution in [1.82, 2.24) is 19.1 Å². The minimum atomic E-state index is -0.135. The van der Waals surface area contributed by atoms with E-state index in [1.807, 2.05) is 6.07 Å². The maximum absolute atomic E-state index is 5.41. The first-order valence-corrected chi connectivity index (χ1v) is 24.5. The Morgan fingerprint density at radius 2 is 0.761 bits per heavy atom. The van der Waals surface area contributed by atoms with Crippen LogP contribution in [0.2, 0.25) is 0 Å². The Kier molecular flexibility index (Phi) is 9.21. The average Bonchev–Trinajstić information content (AvgIpc) is 4.03. The molecule has 71 heavy (non-hydrogen) atoms. The van der Waals surface area contributed by atoms with Crippen molar-refractivity contribution < 1.29 is 0 Å². The van der Waals surface area contributed by atoms with E-state index < -0.39 is 0 Å². The van der Waals surface area contributed by atoms with E-state index in [4.69, 9.17) is 9.97 Å². The Morgan fingerprint density at radius 3 is 1.42 bits per heavy atom. The van der Waals surface area contributed by atoms with E-state index in [1.54, 1.807) is 0 Å². The summed E-state index contributed by atoms with van der Waals surface area (Å²) in [5, 5.41) is 4.93. The van der Waals surface area contributed by atoms with Crippen molar-refractivity contribution in [3.05, 3.63) is 254 Å². The van der Waals surface area contributed by atoms with Gasteiger partial charge in [0.25, 0.3) is 0 Å². The van der Waals surface area contributed by atoms with E-state index in [0.29, 0.717) is 5.82 Å². The number of hydrogen-bond donors (Lipinski definition) is 0. The van der Waals surface area contributed by atoms with Crippen LogP contribution in [0.5, 0.6) is 0 Å². The molecule has 0 amide bonds. The monoisotopic (exact) mass is 906 g/mol. The van der Waals surface area contributed by atoms with E-state index in [0.717, 1.165) is 56.1 Å². The highest BCUT2D eigenvalue weighted by atomic mass is 15.0. The quantitative estimate of drug-likeness (QED) is 0.160. The van der Waals surface area contributed by atoms with Crippen LogP contribution in [0.15, 0.2) is 243 Å². The molecule has 0 N–H and O–H groups in total. The maximum atomic E-state index is 5.41. The Balaban J connectivity index is 0.956. The summed E-state index contributed by atoms with van der Waals surface area (Å²) in [5.41, 5.74) is 21.5. The van der Waals surface area contributed by atoms with Crippen LogP contribution in [0.1, 0.15) is 25.0 Å². The van der Waals surface area contributed by atoms with Gasteiger partial charge in [0.1, 0.15) is 0 Å². The van der Waals surface area contributed by atoms with E-state index in [9.17, 15) is 0 Å². The van der Waals surface area contributed by atoms with Crippen LogP contribution in [0, 0.1) is 0 Å². The molecular formula is C67H46N4. The second-order valence-electron chi connectivity index (χ2n) is 19.4. The molecule has 14 rings (SSSR count). The van der Waals surface area contributed by atoms with Crippen LogP contribution >= 0.6 is 0 Å². The number of aromatic nitrogens is 4. The van der Waals surface area contributed by atoms with E-state index in [2.05, 4.69) is 260 Å². The standard InChI is InChI=1S/C67H46N4/c1-67(2)58-25-13-9-21-52(58)53-35-31-46(41-59(53)67)48-37-47(45-32-36-65-57(40-45)56-24-12-16-28-64(56)70(65)50-19-7-4-8-20-50)38-49(39-48)61-42-60(68-66(69-61)44-17-5-3-6-18-44)43-29-33-51(34-30-43)71-62-26-14-10-22-54(62)55-23-11-15-27-63(55)71/h3-42H,1-2H3. The van der Waals surface area contributed by atoms with Crippen LogP contribution in [-0.4, -0.2) is 19.1 Å². The average molecular weight is 907 g/mol. The van der Waals surface area contributed by atoms with E-state index in [1.165, 1.54) is 71.4 Å². The number of hydrogen-bond acceptors (Lipinski definition) is 2. The SMILES string of the molecule is CC1(C)c2ccccc2-c2ccc(-c3cc(-c4ccc5c(c4)c4ccccc4n5-c4ccccc4)cc(-c4cc(-c5ccc(-n6c7ccccc7c7ccccc76)cc5)nc(-c5ccccc5)n4)c3)cc21. The molecule has 0 spiro atoms. The first-order chi connectivity index (χ1) is 34.9. The van der Waals surface area contributed by atoms with Crippen LogP contribution in [0.25, 0.3) is 122 Å². The minimum Gasteiger partial charge on any atom is -0.309 e. The molecule has 0 fully saturated rings. The Labute approximate surface area is 412 Å². The normalized spacial score (nSPS) is 12.8. The summed E-state index contributed by atoms with van der Waals surface area (Å²) >= 11 is 0. The number of nitrogens with zero attached hydrogens (tertiary/aromatic N) is 4. The molecule has 3 heterocycles. The summed E-state index contributed by atoms with van der Waals surface area (Å²) in [6.45, 7) is 4.71. The predicted octanol–water partition coefficient (Wildman–Crippen LogP) is 17.3. The molecule has 0 saturated heterocycles. The lowest BCUT2D eigenvalue weighted by atomic mass is 9.81. The van der Waals surface area contributed by atoms with Gasteiger partial charge in [-0.05, 0) is 129 Å². The van der Waals surface area contributed by atoms with Gasteiger partial charge in [0.05, 0.1) is 33.5 Å². The third-order valence-electron chi connectivity index (χ3n) is 14.9. The van der Waals surface area contributed by atoms with E-state index >= 15 is 0 Å². The zero-order valence-electron chi connectivity index (χ0n) is 39.4. The summed E-state index contributed by atoms with van der Waals surface area (Å²) in [6.07, 6.45) is 0. The molecule has 1 aliphatic rings. The Morgan fingerprint density at radius 1 is 0.296 bits per heavy atom. The molecule has 1 aliphatic carbocycles. The fraction of sp³-hybridized carbons (Fsp3) is 0.0448. The molecule has 4 nitrogen and oxygen atoms in total. The van der Waals surface area contributed by atoms with Crippen LogP contribution in [0.4, 0.5) is 0 Å². The topological polar surface area (TPSA) is 35.6 Å². The predicted molar refractivity (Wildman–Crippen MR) is 295 cm³/mol. The summed E-state index contributed by atoms with van der Waals surface area (Å²) in [5.74, 6) is 0.684. The van der Waals surface area contributed by atoms with Gasteiger partial charge in [-0.2, -0.15) is 0 Å². The van der Waals surface area contributed by atoms with Crippen LogP contribution in [-0.2, 0) is 5.41 Å². The second-order valence-corrected chi connectivity index (χ2v) is 19.4. The van der Waals surface area contributed by atoms with Gasteiger partial charge >= 0.3 is 0 Å². The van der Waals surface area contributed by atoms with Crippen molar-refractivity contribution in [2.24, 2.45) is 0 Å². The summed E-state index contributed by atoms with van der Waals surface area (Å²) < 4.78 is 4.74. The highest BCUT2D eigenvalue weighted by molar-refractivity contribution is 6.11. The lowest BCUT2D eigenvalue weighted by Crippen LogP contribution is -2.14. The second kappa shape index (κ2) is 16.0. The first kappa shape index (κ1) is 40.9. The van der Waals surface area contributed by atoms with Crippen LogP contribution < -0.4 is 0 Å². The fourth-order valence-corrected chi connectivity index (χ4v) is 11.4. The van der Waals surface area contributed by atoms with Gasteiger partial charge in [-0.1, -0.05) is 172 Å². The smallest absolute Gasteiger partial charge is 0.160 e. The van der Waals surface area contributed by atoms with Crippen molar-refractivity contribution in [1.29, 1.82) is 0 Å². The van der Waals surface area contributed by atoms with Gasteiger partial charge in [-0.3, -0.25) is 0 Å². The number of fused-ring (bicyclic) bond motifs is 9. The molecule has 0 unspecified atom stereocenters. The van der Waals surface area contributed by atoms with Crippen molar-refractivity contribution in [3.8, 4) is 78.7 Å². The van der Waals surface area contributed by atoms with Gasteiger partial charge in [0, 0.05) is 55.0 Å². The first-order valence-electron chi connectivity index (χ1n) is 24.5. The maximum Gasteiger partial charge on any atom is 0.160 e. The van der Waals surface area contributed by atoms with Gasteiger partial charge in [-0.15, -0.1) is 0 Å². The van der Waals surface area contributed by atoms with Crippen LogP contribution in [0.3, 0.4) is 0 Å². The summed E-state index contributed by atoms with van der Waals surface area (Å²) in [7, 11) is 0. The highest BCUT2D eigenvalue weighted by Gasteiger charge is 2.35. The fourth-order valence-electron chi connectivity index (χ4n) is 11.4. The molecule has 13 aromatic rings. The molecule has 10 aromatic carbocycles. The molecule has 334 valence electrons. The van der Waals surface area contributed by atoms with Crippen molar-refractivity contribution >= 4 is 43.6 Å². The van der Waals surface area contributed by atoms with Gasteiger partial charge in [-0.25, -0.2) is 9.97 Å². The third-order valence-corrected chi connectivity index (χ3v) is 14.9. The molecular weight excluding hydrogens is 861 g/mol. The summed E-state index contributed by atoms with van der Waals surface area (Å²) in [6, 6.07) is 88.0. The van der Waals surface area contributed by atoms with Crippen molar-refractivity contribution in [2.75, 3.05) is 0 Å². The molecule has 4 heteroatoms. The lowest BCUT2D eigenvalue weighted by molar-refractivity contribution is 0.660. The summed E-state index contributed by atoms with van der Waals surface area (Å²) in [4.78, 5) is 10.7. The van der Waals surface area contributed by atoms with Gasteiger partial charge < -0.3 is 9.13 Å². The zero-order chi connectivity index (χ0) is 47.2. The van der Waals surface area contributed by atoms with E-state index in [-0.39, 0.29) is 5.41 Å². The van der Waals surface area contributed by atoms with Gasteiger partial charge in [0.2, 0.25) is 0 Å².